The number of carbonyl (C=O) groups is 1. The van der Waals surface area contributed by atoms with Crippen molar-refractivity contribution in [3.05, 3.63) is 46.7 Å². The molecular weight excluding hydrogens is 243 g/mol. The topological polar surface area (TPSA) is 26.3 Å². The normalized spacial score (nSPS) is 10.5. The second-order valence-electron chi connectivity index (χ2n) is 3.66. The lowest BCUT2D eigenvalue weighted by molar-refractivity contribution is -0.139. The van der Waals surface area contributed by atoms with Crippen molar-refractivity contribution in [3.63, 3.8) is 0 Å². The van der Waals surface area contributed by atoms with Crippen LogP contribution in [0.2, 0.25) is 5.02 Å². The van der Waals surface area contributed by atoms with E-state index < -0.39 is 0 Å². The van der Waals surface area contributed by atoms with Crippen molar-refractivity contribution >= 4 is 28.3 Å². The molecule has 2 rings (SSSR count). The van der Waals surface area contributed by atoms with E-state index in [0.717, 1.165) is 5.39 Å². The van der Waals surface area contributed by atoms with Gasteiger partial charge in [0.25, 0.3) is 0 Å². The molecule has 0 bridgehead atoms. The summed E-state index contributed by atoms with van der Waals surface area (Å²) in [7, 11) is 1.33. The molecule has 0 aliphatic heterocycles. The molecule has 0 saturated carbocycles. The van der Waals surface area contributed by atoms with Crippen molar-refractivity contribution in [1.82, 2.24) is 0 Å². The lowest BCUT2D eigenvalue weighted by Gasteiger charge is -2.07. The molecule has 0 N–H and O–H groups in total. The lowest BCUT2D eigenvalue weighted by Crippen LogP contribution is -2.04. The minimum Gasteiger partial charge on any atom is -0.469 e. The Kier molecular flexibility index (Phi) is 3.29. The maximum Gasteiger partial charge on any atom is 0.310 e. The Labute approximate surface area is 103 Å². The van der Waals surface area contributed by atoms with Gasteiger partial charge < -0.3 is 4.74 Å². The number of ether oxygens (including phenoxy) is 1. The third kappa shape index (κ3) is 2.39. The zero-order valence-electron chi connectivity index (χ0n) is 9.17. The molecule has 0 aromatic heterocycles. The van der Waals surface area contributed by atoms with Gasteiger partial charge in [0.2, 0.25) is 0 Å². The molecule has 0 saturated heterocycles. The highest BCUT2D eigenvalue weighted by atomic mass is 35.5. The first-order valence-corrected chi connectivity index (χ1v) is 5.43. The van der Waals surface area contributed by atoms with Gasteiger partial charge in [-0.25, -0.2) is 4.39 Å². The predicted octanol–water partition coefficient (Wildman–Crippen LogP) is 3.35. The van der Waals surface area contributed by atoms with Crippen LogP contribution in [0, 0.1) is 5.82 Å². The average Bonchev–Trinajstić information content (AvgIpc) is 2.32. The summed E-state index contributed by atoms with van der Waals surface area (Å²) in [5, 5.41) is 1.91. The van der Waals surface area contributed by atoms with Gasteiger partial charge in [-0.05, 0) is 29.1 Å². The molecule has 2 aromatic carbocycles. The standard InChI is InChI=1S/C13H10ClFO2/c1-17-12(16)7-9-3-2-8-6-10(15)4-5-11(8)13(9)14/h2-6H,7H2,1H3. The molecule has 0 fully saturated rings. The van der Waals surface area contributed by atoms with Crippen LogP contribution < -0.4 is 0 Å². The molecule has 88 valence electrons. The fraction of sp³-hybridized carbons (Fsp3) is 0.154. The van der Waals surface area contributed by atoms with Crippen molar-refractivity contribution in [1.29, 1.82) is 0 Å². The van der Waals surface area contributed by atoms with Gasteiger partial charge in [-0.2, -0.15) is 0 Å². The molecule has 17 heavy (non-hydrogen) atoms. The van der Waals surface area contributed by atoms with Gasteiger partial charge in [0, 0.05) is 5.39 Å². The average molecular weight is 253 g/mol. The van der Waals surface area contributed by atoms with Gasteiger partial charge in [-0.1, -0.05) is 23.7 Å². The number of carbonyl (C=O) groups excluding carboxylic acids is 1. The van der Waals surface area contributed by atoms with Gasteiger partial charge in [0.1, 0.15) is 5.82 Å². The molecule has 2 aromatic rings. The van der Waals surface area contributed by atoms with Crippen LogP contribution in [-0.2, 0) is 16.0 Å². The summed E-state index contributed by atoms with van der Waals surface area (Å²) in [5.74, 6) is -0.664. The van der Waals surface area contributed by atoms with Crippen LogP contribution in [0.25, 0.3) is 10.8 Å². The molecule has 0 heterocycles. The first-order valence-electron chi connectivity index (χ1n) is 5.05. The Balaban J connectivity index is 2.50. The van der Waals surface area contributed by atoms with Crippen LogP contribution in [0.1, 0.15) is 5.56 Å². The third-order valence-electron chi connectivity index (χ3n) is 2.56. The number of hydrogen-bond acceptors (Lipinski definition) is 2. The summed E-state index contributed by atoms with van der Waals surface area (Å²) in [6.07, 6.45) is 0.114. The first kappa shape index (κ1) is 11.9. The monoisotopic (exact) mass is 252 g/mol. The Hall–Kier alpha value is -1.61. The first-order chi connectivity index (χ1) is 8.11. The quantitative estimate of drug-likeness (QED) is 0.766. The Morgan fingerprint density at radius 2 is 2.12 bits per heavy atom. The highest BCUT2D eigenvalue weighted by Gasteiger charge is 2.10. The fourth-order valence-corrected chi connectivity index (χ4v) is 1.97. The summed E-state index contributed by atoms with van der Waals surface area (Å²) in [6, 6.07) is 7.80. The van der Waals surface area contributed by atoms with E-state index in [2.05, 4.69) is 4.74 Å². The van der Waals surface area contributed by atoms with Gasteiger partial charge in [0.15, 0.2) is 0 Å². The fourth-order valence-electron chi connectivity index (χ4n) is 1.67. The zero-order chi connectivity index (χ0) is 12.4. The Bertz CT molecular complexity index is 581. The van der Waals surface area contributed by atoms with Gasteiger partial charge in [-0.15, -0.1) is 0 Å². The van der Waals surface area contributed by atoms with Crippen molar-refractivity contribution in [2.45, 2.75) is 6.42 Å². The molecule has 2 nitrogen and oxygen atoms in total. The van der Waals surface area contributed by atoms with E-state index in [4.69, 9.17) is 11.6 Å². The van der Waals surface area contributed by atoms with E-state index in [1.165, 1.54) is 19.2 Å². The number of benzene rings is 2. The molecule has 0 unspecified atom stereocenters. The second-order valence-corrected chi connectivity index (χ2v) is 4.04. The maximum absolute atomic E-state index is 13.0. The number of methoxy groups -OCH3 is 1. The smallest absolute Gasteiger partial charge is 0.310 e. The summed E-state index contributed by atoms with van der Waals surface area (Å²) in [5.41, 5.74) is 0.678. The van der Waals surface area contributed by atoms with E-state index >= 15 is 0 Å². The van der Waals surface area contributed by atoms with Crippen molar-refractivity contribution in [3.8, 4) is 0 Å². The highest BCUT2D eigenvalue weighted by Crippen LogP contribution is 2.28. The highest BCUT2D eigenvalue weighted by molar-refractivity contribution is 6.36. The number of halogens is 2. The molecule has 0 amide bonds. The van der Waals surface area contributed by atoms with Crippen molar-refractivity contribution < 1.29 is 13.9 Å². The maximum atomic E-state index is 13.0. The van der Waals surface area contributed by atoms with E-state index in [0.29, 0.717) is 16.0 Å². The Morgan fingerprint density at radius 1 is 1.35 bits per heavy atom. The number of fused-ring (bicyclic) bond motifs is 1. The van der Waals surface area contributed by atoms with Crippen molar-refractivity contribution in [2.24, 2.45) is 0 Å². The summed E-state index contributed by atoms with van der Waals surface area (Å²) < 4.78 is 17.6. The lowest BCUT2D eigenvalue weighted by atomic mass is 10.0. The molecule has 0 radical (unpaired) electrons. The summed E-state index contributed by atoms with van der Waals surface area (Å²) in [4.78, 5) is 11.2. The van der Waals surface area contributed by atoms with Crippen LogP contribution in [0.15, 0.2) is 30.3 Å². The minimum atomic E-state index is -0.353. The number of rotatable bonds is 2. The van der Waals surface area contributed by atoms with E-state index in [-0.39, 0.29) is 18.2 Å². The molecule has 4 heteroatoms. The molecule has 0 atom stereocenters. The second kappa shape index (κ2) is 4.72. The van der Waals surface area contributed by atoms with Gasteiger partial charge in [-0.3, -0.25) is 4.79 Å². The number of hydrogen-bond donors (Lipinski definition) is 0. The summed E-state index contributed by atoms with van der Waals surface area (Å²) in [6.45, 7) is 0. The SMILES string of the molecule is COC(=O)Cc1ccc2cc(F)ccc2c1Cl. The Morgan fingerprint density at radius 3 is 2.82 bits per heavy atom. The van der Waals surface area contributed by atoms with Crippen LogP contribution in [-0.4, -0.2) is 13.1 Å². The van der Waals surface area contributed by atoms with Gasteiger partial charge >= 0.3 is 5.97 Å². The zero-order valence-corrected chi connectivity index (χ0v) is 9.92. The van der Waals surface area contributed by atoms with E-state index in [1.54, 1.807) is 18.2 Å². The van der Waals surface area contributed by atoms with Gasteiger partial charge in [0.05, 0.1) is 18.6 Å². The van der Waals surface area contributed by atoms with Crippen molar-refractivity contribution in [2.75, 3.05) is 7.11 Å². The molecule has 0 aliphatic carbocycles. The van der Waals surface area contributed by atoms with E-state index in [9.17, 15) is 9.18 Å². The van der Waals surface area contributed by atoms with Crippen LogP contribution >= 0.6 is 11.6 Å². The molecular formula is C13H10ClFO2. The molecule has 0 spiro atoms. The summed E-state index contributed by atoms with van der Waals surface area (Å²) >= 11 is 6.16. The van der Waals surface area contributed by atoms with Crippen LogP contribution in [0.5, 0.6) is 0 Å². The van der Waals surface area contributed by atoms with Crippen LogP contribution in [0.3, 0.4) is 0 Å². The predicted molar refractivity (Wildman–Crippen MR) is 64.6 cm³/mol. The largest absolute Gasteiger partial charge is 0.469 e. The van der Waals surface area contributed by atoms with Crippen LogP contribution in [0.4, 0.5) is 4.39 Å². The minimum absolute atomic E-state index is 0.114. The number of esters is 1. The third-order valence-corrected chi connectivity index (χ3v) is 3.00. The molecule has 0 aliphatic rings. The van der Waals surface area contributed by atoms with E-state index in [1.807, 2.05) is 0 Å².